The van der Waals surface area contributed by atoms with E-state index in [2.05, 4.69) is 28.0 Å². The minimum absolute atomic E-state index is 0.196. The van der Waals surface area contributed by atoms with Crippen LogP contribution in [-0.2, 0) is 17.7 Å². The Morgan fingerprint density at radius 3 is 3.00 bits per heavy atom. The van der Waals surface area contributed by atoms with Crippen molar-refractivity contribution in [1.82, 2.24) is 0 Å². The Labute approximate surface area is 163 Å². The molecule has 0 saturated heterocycles. The number of likely N-dealkylation sites (N-methyl/N-ethyl adjacent to an activating group) is 1. The Hall–Kier alpha value is -1.41. The van der Waals surface area contributed by atoms with Gasteiger partial charge in [0.2, 0.25) is 0 Å². The number of aliphatic imine (C=N–C) groups is 1. The number of nitrogens with one attached hydrogen (secondary N) is 1. The lowest BCUT2D eigenvalue weighted by molar-refractivity contribution is -0.895. The van der Waals surface area contributed by atoms with Crippen molar-refractivity contribution in [1.29, 1.82) is 0 Å². The first-order valence-electron chi connectivity index (χ1n) is 7.65. The molecule has 0 spiro atoms. The number of hydrogen-bond acceptors (Lipinski definition) is 5. The molecule has 1 aromatic carbocycles. The third-order valence-corrected chi connectivity index (χ3v) is 6.03. The van der Waals surface area contributed by atoms with Crippen LogP contribution in [0.15, 0.2) is 21.6 Å². The van der Waals surface area contributed by atoms with Crippen LogP contribution < -0.4 is 10.0 Å². The zero-order valence-electron chi connectivity index (χ0n) is 13.7. The Balaban J connectivity index is 2.04. The molecule has 132 valence electrons. The summed E-state index contributed by atoms with van der Waals surface area (Å²) in [6.45, 7) is 1.82. The Morgan fingerprint density at radius 2 is 2.28 bits per heavy atom. The molecule has 1 aliphatic heterocycles. The largest absolute Gasteiger partial charge is 0.871 e. The molecule has 0 fully saturated rings. The molecule has 2 heterocycles. The molecule has 8 heteroatoms. The minimum atomic E-state index is -0.390. The number of methoxy groups -OCH3 is 1. The number of thiophene rings is 1. The van der Waals surface area contributed by atoms with Crippen molar-refractivity contribution in [3.63, 3.8) is 0 Å². The number of benzene rings is 1. The molecule has 1 atom stereocenters. The Bertz CT molecular complexity index is 866. The first-order valence-corrected chi connectivity index (χ1v) is 9.63. The van der Waals surface area contributed by atoms with E-state index in [4.69, 9.17) is 16.3 Å². The predicted molar refractivity (Wildman–Crippen MR) is 101 cm³/mol. The summed E-state index contributed by atoms with van der Waals surface area (Å²) in [5.74, 6) is -0.586. The van der Waals surface area contributed by atoms with E-state index in [0.29, 0.717) is 25.6 Å². The lowest BCUT2D eigenvalue weighted by Crippen LogP contribution is -3.08. The molecule has 0 amide bonds. The summed E-state index contributed by atoms with van der Waals surface area (Å²) in [6.07, 6.45) is 2.27. The fourth-order valence-electron chi connectivity index (χ4n) is 2.81. The number of quaternary nitrogens is 1. The van der Waals surface area contributed by atoms with Gasteiger partial charge in [-0.25, -0.2) is 9.79 Å². The van der Waals surface area contributed by atoms with E-state index in [0.717, 1.165) is 30.0 Å². The van der Waals surface area contributed by atoms with Gasteiger partial charge in [-0.1, -0.05) is 33.3 Å². The van der Waals surface area contributed by atoms with E-state index in [-0.39, 0.29) is 11.7 Å². The monoisotopic (exact) mass is 442 g/mol. The van der Waals surface area contributed by atoms with Crippen LogP contribution in [-0.4, -0.2) is 32.9 Å². The van der Waals surface area contributed by atoms with E-state index in [9.17, 15) is 9.90 Å². The normalized spacial score (nSPS) is 16.9. The van der Waals surface area contributed by atoms with E-state index in [1.54, 1.807) is 12.1 Å². The number of ether oxygens (including phenoxy) is 1. The number of carbonyl (C=O) groups is 1. The van der Waals surface area contributed by atoms with E-state index in [1.165, 1.54) is 29.6 Å². The third kappa shape index (κ3) is 3.74. The van der Waals surface area contributed by atoms with Crippen LogP contribution in [0.2, 0.25) is 5.02 Å². The van der Waals surface area contributed by atoms with Gasteiger partial charge in [0.25, 0.3) is 0 Å². The van der Waals surface area contributed by atoms with Gasteiger partial charge in [-0.05, 0) is 23.3 Å². The summed E-state index contributed by atoms with van der Waals surface area (Å²) >= 11 is 10.7. The Kier molecular flexibility index (Phi) is 5.48. The number of hydrogen-bond donors (Lipinski definition) is 1. The maximum Gasteiger partial charge on any atom is 0.341 e. The van der Waals surface area contributed by atoms with Gasteiger partial charge in [0.05, 0.1) is 25.6 Å². The molecule has 5 nitrogen and oxygen atoms in total. The van der Waals surface area contributed by atoms with Crippen LogP contribution >= 0.6 is 38.9 Å². The summed E-state index contributed by atoms with van der Waals surface area (Å²) in [5, 5.41) is 13.2. The predicted octanol–water partition coefficient (Wildman–Crippen LogP) is 2.35. The van der Waals surface area contributed by atoms with Crippen LogP contribution in [0.1, 0.15) is 26.4 Å². The van der Waals surface area contributed by atoms with Gasteiger partial charge >= 0.3 is 5.97 Å². The van der Waals surface area contributed by atoms with E-state index >= 15 is 0 Å². The third-order valence-electron chi connectivity index (χ3n) is 4.08. The fraction of sp³-hybridized carbons (Fsp3) is 0.294. The van der Waals surface area contributed by atoms with Crippen molar-refractivity contribution < 1.29 is 19.5 Å². The molecular weight excluding hydrogens is 428 g/mol. The second-order valence-corrected chi connectivity index (χ2v) is 8.25. The van der Waals surface area contributed by atoms with Gasteiger partial charge < -0.3 is 14.7 Å². The van der Waals surface area contributed by atoms with Crippen LogP contribution in [0.25, 0.3) is 0 Å². The van der Waals surface area contributed by atoms with Crippen molar-refractivity contribution in [3.05, 3.63) is 43.2 Å². The van der Waals surface area contributed by atoms with Crippen molar-refractivity contribution in [3.8, 4) is 5.75 Å². The van der Waals surface area contributed by atoms with Crippen molar-refractivity contribution in [2.45, 2.75) is 13.0 Å². The number of rotatable bonds is 3. The van der Waals surface area contributed by atoms with E-state index < -0.39 is 0 Å². The quantitative estimate of drug-likeness (QED) is 0.585. The summed E-state index contributed by atoms with van der Waals surface area (Å²) in [6, 6.07) is 3.10. The first kappa shape index (κ1) is 18.4. The zero-order valence-corrected chi connectivity index (χ0v) is 16.8. The average molecular weight is 444 g/mol. The molecule has 0 aliphatic carbocycles. The zero-order chi connectivity index (χ0) is 18.1. The summed E-state index contributed by atoms with van der Waals surface area (Å²) in [4.78, 5) is 19.2. The van der Waals surface area contributed by atoms with Gasteiger partial charge in [-0.15, -0.1) is 11.3 Å². The molecule has 3 rings (SSSR count). The van der Waals surface area contributed by atoms with Crippen LogP contribution in [0.5, 0.6) is 5.75 Å². The van der Waals surface area contributed by atoms with E-state index in [1.807, 2.05) is 0 Å². The topological polar surface area (TPSA) is 66.2 Å². The highest BCUT2D eigenvalue weighted by atomic mass is 79.9. The summed E-state index contributed by atoms with van der Waals surface area (Å²) < 4.78 is 5.32. The molecule has 1 aromatic heterocycles. The second kappa shape index (κ2) is 7.45. The van der Waals surface area contributed by atoms with Gasteiger partial charge in [-0.2, -0.15) is 0 Å². The number of esters is 1. The summed E-state index contributed by atoms with van der Waals surface area (Å²) in [5.41, 5.74) is 1.90. The molecule has 25 heavy (non-hydrogen) atoms. The van der Waals surface area contributed by atoms with Gasteiger partial charge in [-0.3, -0.25) is 0 Å². The highest BCUT2D eigenvalue weighted by Crippen LogP contribution is 2.37. The van der Waals surface area contributed by atoms with Gasteiger partial charge in [0.1, 0.15) is 17.1 Å². The molecule has 0 saturated carbocycles. The smallest absolute Gasteiger partial charge is 0.341 e. The highest BCUT2D eigenvalue weighted by Gasteiger charge is 2.29. The van der Waals surface area contributed by atoms with Crippen molar-refractivity contribution in [2.75, 3.05) is 20.7 Å². The number of nitrogens with zero attached hydrogens (tertiary/aromatic N) is 1. The highest BCUT2D eigenvalue weighted by molar-refractivity contribution is 9.10. The van der Waals surface area contributed by atoms with Crippen LogP contribution in [0, 0.1) is 0 Å². The molecule has 1 aliphatic rings. The molecule has 0 bridgehead atoms. The second-order valence-electron chi connectivity index (χ2n) is 5.87. The first-order chi connectivity index (χ1) is 11.9. The lowest BCUT2D eigenvalue weighted by Gasteiger charge is -2.19. The van der Waals surface area contributed by atoms with Gasteiger partial charge in [0, 0.05) is 22.1 Å². The molecule has 1 N–H and O–H groups in total. The minimum Gasteiger partial charge on any atom is -0.871 e. The molecule has 2 aromatic rings. The van der Waals surface area contributed by atoms with Crippen LogP contribution in [0.4, 0.5) is 5.00 Å². The maximum atomic E-state index is 12.2. The molecule has 1 unspecified atom stereocenters. The van der Waals surface area contributed by atoms with Crippen molar-refractivity contribution in [2.24, 2.45) is 4.99 Å². The lowest BCUT2D eigenvalue weighted by atomic mass is 10.0. The number of halogens is 2. The number of carbonyl (C=O) groups excluding carboxylic acids is 1. The summed E-state index contributed by atoms with van der Waals surface area (Å²) in [7, 11) is 3.49. The Morgan fingerprint density at radius 1 is 1.52 bits per heavy atom. The van der Waals surface area contributed by atoms with Crippen LogP contribution in [0.3, 0.4) is 0 Å². The molecular formula is C17H16BrClN2O3S. The van der Waals surface area contributed by atoms with Gasteiger partial charge in [0.15, 0.2) is 0 Å². The SMILES string of the molecule is COC(=O)c1c(N=Cc2cc(Cl)cc(Br)c2[O-])sc2c1CC[NH+](C)C2. The number of fused-ring (bicyclic) bond motifs is 1. The average Bonchev–Trinajstić information content (AvgIpc) is 2.93. The molecule has 0 radical (unpaired) electrons. The standard InChI is InChI=1S/C17H16BrClN2O3S/c1-21-4-3-11-13(8-21)25-16(14(11)17(23)24-2)20-7-9-5-10(19)6-12(18)15(9)22/h5-7,22H,3-4,8H2,1-2H3. The van der Waals surface area contributed by atoms with Crippen molar-refractivity contribution >= 4 is 56.1 Å². The fourth-order valence-corrected chi connectivity index (χ4v) is 4.94. The maximum absolute atomic E-state index is 12.2.